The second-order valence-electron chi connectivity index (χ2n) is 8.65. The fourth-order valence-electron chi connectivity index (χ4n) is 4.27. The van der Waals surface area contributed by atoms with Gasteiger partial charge in [0.05, 0.1) is 15.5 Å². The van der Waals surface area contributed by atoms with Gasteiger partial charge >= 0.3 is 0 Å². The maximum Gasteiger partial charge on any atom is 0.264 e. The molecule has 0 aliphatic carbocycles. The summed E-state index contributed by atoms with van der Waals surface area (Å²) in [4.78, 5) is 51.9. The Morgan fingerprint density at radius 2 is 1.83 bits per heavy atom. The van der Waals surface area contributed by atoms with E-state index < -0.39 is 0 Å². The van der Waals surface area contributed by atoms with Crippen molar-refractivity contribution < 1.29 is 14.4 Å². The van der Waals surface area contributed by atoms with Crippen molar-refractivity contribution in [1.82, 2.24) is 19.8 Å². The van der Waals surface area contributed by atoms with Gasteiger partial charge in [-0.15, -0.1) is 23.1 Å². The molecule has 1 saturated heterocycles. The summed E-state index contributed by atoms with van der Waals surface area (Å²) in [5.41, 5.74) is 3.55. The van der Waals surface area contributed by atoms with Crippen LogP contribution < -0.4 is 5.32 Å². The van der Waals surface area contributed by atoms with Crippen LogP contribution in [0.15, 0.2) is 41.4 Å². The van der Waals surface area contributed by atoms with Crippen LogP contribution in [0.2, 0.25) is 0 Å². The van der Waals surface area contributed by atoms with E-state index in [9.17, 15) is 14.4 Å². The van der Waals surface area contributed by atoms with Crippen LogP contribution in [0, 0.1) is 0 Å². The first-order valence-electron chi connectivity index (χ1n) is 11.4. The maximum atomic E-state index is 13.2. The molecule has 2 aliphatic heterocycles. The lowest BCUT2D eigenvalue weighted by atomic mass is 10.1. The molecular weight excluding hydrogens is 482 g/mol. The molecule has 4 heterocycles. The van der Waals surface area contributed by atoms with E-state index >= 15 is 0 Å². The van der Waals surface area contributed by atoms with Crippen LogP contribution in [0.4, 0.5) is 11.6 Å². The fourth-order valence-corrected chi connectivity index (χ4v) is 6.47. The van der Waals surface area contributed by atoms with E-state index in [1.165, 1.54) is 11.3 Å². The monoisotopic (exact) mass is 507 g/mol. The number of hydrogen-bond acceptors (Lipinski definition) is 8. The summed E-state index contributed by atoms with van der Waals surface area (Å²) in [7, 11) is 0. The predicted molar refractivity (Wildman–Crippen MR) is 137 cm³/mol. The quantitative estimate of drug-likeness (QED) is 0.558. The molecule has 2 aliphatic rings. The summed E-state index contributed by atoms with van der Waals surface area (Å²) < 4.78 is 0. The number of carbonyl (C=O) groups excluding carboxylic acids is 3. The zero-order valence-corrected chi connectivity index (χ0v) is 21.2. The molecule has 2 amide bonds. The van der Waals surface area contributed by atoms with Gasteiger partial charge in [0.2, 0.25) is 11.9 Å². The second-order valence-corrected chi connectivity index (χ2v) is 10.8. The normalized spacial score (nSPS) is 14.8. The molecule has 0 unspecified atom stereocenters. The first-order valence-corrected chi connectivity index (χ1v) is 13.2. The fraction of sp³-hybridized carbons (Fsp3) is 0.320. The third kappa shape index (κ3) is 5.08. The number of hydrogen-bond donors (Lipinski definition) is 1. The van der Waals surface area contributed by atoms with Gasteiger partial charge in [-0.3, -0.25) is 14.4 Å². The third-order valence-corrected chi connectivity index (χ3v) is 8.39. The number of Topliss-reactive ketones (excluding diaryl/α,β-unsaturated/α-hetero) is 1. The number of benzene rings is 1. The van der Waals surface area contributed by atoms with Gasteiger partial charge in [-0.1, -0.05) is 12.1 Å². The maximum absolute atomic E-state index is 13.2. The summed E-state index contributed by atoms with van der Waals surface area (Å²) in [6.45, 7) is 5.37. The molecule has 0 bridgehead atoms. The Morgan fingerprint density at radius 3 is 2.57 bits per heavy atom. The molecule has 0 spiro atoms. The molecule has 5 rings (SSSR count). The largest absolute Gasteiger partial charge is 0.339 e. The average molecular weight is 508 g/mol. The molecule has 10 heteroatoms. The summed E-state index contributed by atoms with van der Waals surface area (Å²) in [6, 6.07) is 9.62. The first-order chi connectivity index (χ1) is 16.9. The highest BCUT2D eigenvalue weighted by molar-refractivity contribution is 7.98. The first kappa shape index (κ1) is 23.5. The third-order valence-electron chi connectivity index (χ3n) is 6.04. The number of thiophene rings is 1. The molecular formula is C25H25N5O3S2. The minimum Gasteiger partial charge on any atom is -0.339 e. The smallest absolute Gasteiger partial charge is 0.264 e. The number of ketones is 1. The van der Waals surface area contributed by atoms with Crippen LogP contribution in [-0.2, 0) is 21.8 Å². The van der Waals surface area contributed by atoms with E-state index in [2.05, 4.69) is 10.3 Å². The van der Waals surface area contributed by atoms with Crippen LogP contribution in [0.25, 0.3) is 11.3 Å². The zero-order chi connectivity index (χ0) is 24.5. The van der Waals surface area contributed by atoms with Crippen LogP contribution in [-0.4, -0.2) is 63.5 Å². The van der Waals surface area contributed by atoms with Crippen molar-refractivity contribution in [3.05, 3.63) is 51.8 Å². The van der Waals surface area contributed by atoms with Crippen LogP contribution in [0.1, 0.15) is 34.0 Å². The number of thioether (sulfide) groups is 1. The number of amides is 2. The van der Waals surface area contributed by atoms with Gasteiger partial charge in [-0.2, -0.15) is 0 Å². The topological polar surface area (TPSA) is 95.5 Å². The van der Waals surface area contributed by atoms with Crippen molar-refractivity contribution in [3.63, 3.8) is 0 Å². The number of piperazine rings is 1. The van der Waals surface area contributed by atoms with Crippen molar-refractivity contribution in [2.45, 2.75) is 30.9 Å². The summed E-state index contributed by atoms with van der Waals surface area (Å²) in [5, 5.41) is 3.25. The van der Waals surface area contributed by atoms with Crippen molar-refractivity contribution >= 4 is 52.3 Å². The highest BCUT2D eigenvalue weighted by atomic mass is 32.2. The van der Waals surface area contributed by atoms with Crippen LogP contribution >= 0.6 is 23.1 Å². The van der Waals surface area contributed by atoms with E-state index in [-0.39, 0.29) is 17.6 Å². The SMILES string of the molecule is CC(=O)Cc1cccc(Nc2ncc3c(n2)-c2cc(C(=O)N4CCN(C(C)=O)CC4)sc2CS3)c1. The van der Waals surface area contributed by atoms with E-state index in [4.69, 9.17) is 4.98 Å². The highest BCUT2D eigenvalue weighted by Gasteiger charge is 2.28. The molecule has 35 heavy (non-hydrogen) atoms. The van der Waals surface area contributed by atoms with Gasteiger partial charge in [0.1, 0.15) is 5.78 Å². The van der Waals surface area contributed by atoms with Crippen molar-refractivity contribution in [1.29, 1.82) is 0 Å². The number of carbonyl (C=O) groups is 3. The lowest BCUT2D eigenvalue weighted by Gasteiger charge is -2.33. The van der Waals surface area contributed by atoms with Crippen molar-refractivity contribution in [3.8, 4) is 11.3 Å². The van der Waals surface area contributed by atoms with Crippen LogP contribution in [0.3, 0.4) is 0 Å². The Balaban J connectivity index is 1.36. The molecule has 1 fully saturated rings. The van der Waals surface area contributed by atoms with Gasteiger partial charge in [-0.25, -0.2) is 9.97 Å². The van der Waals surface area contributed by atoms with Gasteiger partial charge in [0.15, 0.2) is 0 Å². The molecule has 8 nitrogen and oxygen atoms in total. The molecule has 3 aromatic rings. The van der Waals surface area contributed by atoms with Gasteiger partial charge in [0, 0.05) is 67.6 Å². The highest BCUT2D eigenvalue weighted by Crippen LogP contribution is 2.44. The number of fused-ring (bicyclic) bond motifs is 3. The second kappa shape index (κ2) is 9.79. The number of aromatic nitrogens is 2. The lowest BCUT2D eigenvalue weighted by Crippen LogP contribution is -2.49. The molecule has 2 aromatic heterocycles. The van der Waals surface area contributed by atoms with Crippen molar-refractivity contribution in [2.24, 2.45) is 0 Å². The summed E-state index contributed by atoms with van der Waals surface area (Å²) >= 11 is 3.19. The Kier molecular flexibility index (Phi) is 6.57. The molecule has 1 N–H and O–H groups in total. The lowest BCUT2D eigenvalue weighted by molar-refractivity contribution is -0.130. The Morgan fingerprint density at radius 1 is 1.06 bits per heavy atom. The Hall–Kier alpha value is -3.24. The molecule has 180 valence electrons. The summed E-state index contributed by atoms with van der Waals surface area (Å²) in [5.74, 6) is 1.42. The van der Waals surface area contributed by atoms with Gasteiger partial charge < -0.3 is 15.1 Å². The molecule has 1 aromatic carbocycles. The minimum atomic E-state index is 0.00819. The predicted octanol–water partition coefficient (Wildman–Crippen LogP) is 3.99. The number of anilines is 2. The van der Waals surface area contributed by atoms with Crippen molar-refractivity contribution in [2.75, 3.05) is 31.5 Å². The molecule has 0 atom stereocenters. The zero-order valence-electron chi connectivity index (χ0n) is 19.5. The van der Waals surface area contributed by atoms with E-state index in [0.717, 1.165) is 38.0 Å². The Labute approximate surface area is 211 Å². The number of nitrogens with one attached hydrogen (secondary N) is 1. The van der Waals surface area contributed by atoms with Crippen LogP contribution in [0.5, 0.6) is 0 Å². The molecule has 0 radical (unpaired) electrons. The minimum absolute atomic E-state index is 0.00819. The number of nitrogens with zero attached hydrogens (tertiary/aromatic N) is 4. The average Bonchev–Trinajstić information content (AvgIpc) is 3.28. The van der Waals surface area contributed by atoms with E-state index in [1.54, 1.807) is 30.5 Å². The molecule has 0 saturated carbocycles. The van der Waals surface area contributed by atoms with Gasteiger partial charge in [-0.05, 0) is 30.7 Å². The summed E-state index contributed by atoms with van der Waals surface area (Å²) in [6.07, 6.45) is 2.20. The Bertz CT molecular complexity index is 1310. The van der Waals surface area contributed by atoms with Gasteiger partial charge in [0.25, 0.3) is 5.91 Å². The van der Waals surface area contributed by atoms with E-state index in [0.29, 0.717) is 43.4 Å². The number of rotatable bonds is 5. The standard InChI is InChI=1S/C25H25N5O3S2/c1-15(31)10-17-4-3-5-18(11-17)27-25-26-13-21-23(28-25)19-12-20(35-22(19)14-34-21)24(33)30-8-6-29(7-9-30)16(2)32/h3-5,11-13H,6-10,14H2,1-2H3,(H,26,27,28). The van der Waals surface area contributed by atoms with E-state index in [1.807, 2.05) is 41.4 Å².